The first-order valence-corrected chi connectivity index (χ1v) is 7.99. The van der Waals surface area contributed by atoms with Gasteiger partial charge in [0, 0.05) is 12.1 Å². The van der Waals surface area contributed by atoms with Crippen molar-refractivity contribution in [3.8, 4) is 17.2 Å². The highest BCUT2D eigenvalue weighted by atomic mass is 16.5. The third-order valence-electron chi connectivity index (χ3n) is 3.70. The zero-order valence-corrected chi connectivity index (χ0v) is 14.9. The molecule has 0 heterocycles. The van der Waals surface area contributed by atoms with Crippen molar-refractivity contribution in [3.05, 3.63) is 47.5 Å². The Morgan fingerprint density at radius 3 is 2.38 bits per heavy atom. The van der Waals surface area contributed by atoms with E-state index in [2.05, 4.69) is 5.32 Å². The summed E-state index contributed by atoms with van der Waals surface area (Å²) >= 11 is 0. The Hall–Kier alpha value is -3.22. The van der Waals surface area contributed by atoms with Gasteiger partial charge in [-0.1, -0.05) is 19.1 Å². The number of hydrogen-bond acceptors (Lipinski definition) is 5. The van der Waals surface area contributed by atoms with E-state index in [1.807, 2.05) is 25.1 Å². The highest BCUT2D eigenvalue weighted by molar-refractivity contribution is 6.01. The van der Waals surface area contributed by atoms with Crippen LogP contribution in [0.15, 0.2) is 36.4 Å². The van der Waals surface area contributed by atoms with E-state index < -0.39 is 11.9 Å². The molecule has 0 fully saturated rings. The fraction of sp³-hybridized carbons (Fsp3) is 0.263. The second kappa shape index (κ2) is 8.75. The van der Waals surface area contributed by atoms with Gasteiger partial charge in [-0.05, 0) is 24.1 Å². The molecule has 0 unspecified atom stereocenters. The SMILES string of the molecule is CCc1cccc(OCC(=O)Nc2cc(OC)c(OC)cc2C(=O)O)c1. The number of carbonyl (C=O) groups excluding carboxylic acids is 1. The van der Waals surface area contributed by atoms with Crippen molar-refractivity contribution in [2.75, 3.05) is 26.1 Å². The van der Waals surface area contributed by atoms with E-state index in [9.17, 15) is 14.7 Å². The Bertz CT molecular complexity index is 803. The van der Waals surface area contributed by atoms with Crippen LogP contribution in [0.2, 0.25) is 0 Å². The summed E-state index contributed by atoms with van der Waals surface area (Å²) < 4.78 is 15.7. The van der Waals surface area contributed by atoms with Crippen molar-refractivity contribution in [3.63, 3.8) is 0 Å². The molecule has 0 atom stereocenters. The molecule has 0 aliphatic carbocycles. The molecule has 7 heteroatoms. The number of carbonyl (C=O) groups is 2. The third kappa shape index (κ3) is 4.66. The van der Waals surface area contributed by atoms with Crippen molar-refractivity contribution >= 4 is 17.6 Å². The summed E-state index contributed by atoms with van der Waals surface area (Å²) in [5.74, 6) is -0.537. The number of hydrogen-bond donors (Lipinski definition) is 2. The first-order chi connectivity index (χ1) is 12.5. The lowest BCUT2D eigenvalue weighted by Crippen LogP contribution is -2.21. The molecule has 0 bridgehead atoms. The van der Waals surface area contributed by atoms with Crippen LogP contribution in [-0.2, 0) is 11.2 Å². The summed E-state index contributed by atoms with van der Waals surface area (Å²) in [4.78, 5) is 23.6. The maximum Gasteiger partial charge on any atom is 0.337 e. The first-order valence-electron chi connectivity index (χ1n) is 7.99. The molecule has 2 aromatic rings. The fourth-order valence-electron chi connectivity index (χ4n) is 2.35. The normalized spacial score (nSPS) is 10.1. The Labute approximate surface area is 151 Å². The van der Waals surface area contributed by atoms with E-state index in [1.165, 1.54) is 26.4 Å². The van der Waals surface area contributed by atoms with E-state index in [-0.39, 0.29) is 23.6 Å². The van der Waals surface area contributed by atoms with Crippen molar-refractivity contribution in [1.82, 2.24) is 0 Å². The number of amides is 1. The number of aryl methyl sites for hydroxylation is 1. The Balaban J connectivity index is 2.13. The number of aromatic carboxylic acids is 1. The summed E-state index contributed by atoms with van der Waals surface area (Å²) in [6.07, 6.45) is 0.858. The third-order valence-corrected chi connectivity index (χ3v) is 3.70. The Morgan fingerprint density at radius 1 is 1.08 bits per heavy atom. The maximum absolute atomic E-state index is 12.2. The van der Waals surface area contributed by atoms with Crippen LogP contribution in [0.25, 0.3) is 0 Å². The van der Waals surface area contributed by atoms with Gasteiger partial charge in [0.05, 0.1) is 25.5 Å². The molecular formula is C19H21NO6. The van der Waals surface area contributed by atoms with Gasteiger partial charge in [0.25, 0.3) is 5.91 Å². The van der Waals surface area contributed by atoms with E-state index in [0.29, 0.717) is 11.5 Å². The zero-order valence-electron chi connectivity index (χ0n) is 14.9. The van der Waals surface area contributed by atoms with Gasteiger partial charge in [0.15, 0.2) is 18.1 Å². The summed E-state index contributed by atoms with van der Waals surface area (Å²) in [5.41, 5.74) is 1.09. The van der Waals surface area contributed by atoms with Crippen molar-refractivity contribution in [2.45, 2.75) is 13.3 Å². The summed E-state index contributed by atoms with van der Waals surface area (Å²) in [5, 5.41) is 11.9. The van der Waals surface area contributed by atoms with Crippen LogP contribution >= 0.6 is 0 Å². The van der Waals surface area contributed by atoms with Crippen LogP contribution in [0.1, 0.15) is 22.8 Å². The lowest BCUT2D eigenvalue weighted by Gasteiger charge is -2.14. The number of methoxy groups -OCH3 is 2. The van der Waals surface area contributed by atoms with E-state index in [0.717, 1.165) is 12.0 Å². The van der Waals surface area contributed by atoms with Gasteiger partial charge in [-0.3, -0.25) is 4.79 Å². The van der Waals surface area contributed by atoms with Gasteiger partial charge < -0.3 is 24.6 Å². The molecule has 0 aliphatic heterocycles. The van der Waals surface area contributed by atoms with Gasteiger partial charge in [-0.15, -0.1) is 0 Å². The van der Waals surface area contributed by atoms with Gasteiger partial charge in [-0.25, -0.2) is 4.79 Å². The molecule has 1 amide bonds. The second-order valence-electron chi connectivity index (χ2n) is 5.40. The largest absolute Gasteiger partial charge is 0.493 e. The molecule has 0 saturated heterocycles. The van der Waals surface area contributed by atoms with Crippen LogP contribution in [0.4, 0.5) is 5.69 Å². The lowest BCUT2D eigenvalue weighted by atomic mass is 10.1. The highest BCUT2D eigenvalue weighted by Gasteiger charge is 2.18. The minimum atomic E-state index is -1.20. The first kappa shape index (κ1) is 19.1. The van der Waals surface area contributed by atoms with Gasteiger partial charge >= 0.3 is 5.97 Å². The van der Waals surface area contributed by atoms with E-state index >= 15 is 0 Å². The number of carboxylic acids is 1. The Kier molecular flexibility index (Phi) is 6.43. The van der Waals surface area contributed by atoms with Crippen LogP contribution in [0, 0.1) is 0 Å². The van der Waals surface area contributed by atoms with E-state index in [4.69, 9.17) is 14.2 Å². The minimum absolute atomic E-state index is 0.103. The monoisotopic (exact) mass is 359 g/mol. The van der Waals surface area contributed by atoms with E-state index in [1.54, 1.807) is 6.07 Å². The lowest BCUT2D eigenvalue weighted by molar-refractivity contribution is -0.118. The fourth-order valence-corrected chi connectivity index (χ4v) is 2.35. The van der Waals surface area contributed by atoms with Crippen LogP contribution in [0.3, 0.4) is 0 Å². The molecule has 0 saturated carbocycles. The van der Waals surface area contributed by atoms with Crippen molar-refractivity contribution in [2.24, 2.45) is 0 Å². The van der Waals surface area contributed by atoms with Gasteiger partial charge in [0.1, 0.15) is 5.75 Å². The Morgan fingerprint density at radius 2 is 1.77 bits per heavy atom. The smallest absolute Gasteiger partial charge is 0.337 e. The van der Waals surface area contributed by atoms with Gasteiger partial charge in [0.2, 0.25) is 0 Å². The molecule has 0 spiro atoms. The standard InChI is InChI=1S/C19H21NO6/c1-4-12-6-5-7-13(8-12)26-11-18(21)20-15-10-17(25-3)16(24-2)9-14(15)19(22)23/h5-10H,4,11H2,1-3H3,(H,20,21)(H,22,23). The number of anilines is 1. The molecule has 0 radical (unpaired) electrons. The number of carboxylic acid groups (broad SMARTS) is 1. The molecule has 26 heavy (non-hydrogen) atoms. The molecule has 0 aliphatic rings. The molecule has 2 aromatic carbocycles. The molecule has 138 valence electrons. The highest BCUT2D eigenvalue weighted by Crippen LogP contribution is 2.33. The maximum atomic E-state index is 12.2. The summed E-state index contributed by atoms with van der Waals surface area (Å²) in [6.45, 7) is 1.77. The molecule has 7 nitrogen and oxygen atoms in total. The average Bonchev–Trinajstić information content (AvgIpc) is 2.65. The zero-order chi connectivity index (χ0) is 19.1. The summed E-state index contributed by atoms with van der Waals surface area (Å²) in [6, 6.07) is 10.1. The quantitative estimate of drug-likeness (QED) is 0.752. The van der Waals surface area contributed by atoms with Crippen LogP contribution < -0.4 is 19.5 Å². The number of nitrogens with one attached hydrogen (secondary N) is 1. The summed E-state index contributed by atoms with van der Waals surface area (Å²) in [7, 11) is 2.83. The molecule has 2 N–H and O–H groups in total. The van der Waals surface area contributed by atoms with Gasteiger partial charge in [-0.2, -0.15) is 0 Å². The number of rotatable bonds is 8. The predicted molar refractivity (Wildman–Crippen MR) is 96.5 cm³/mol. The van der Waals surface area contributed by atoms with Crippen molar-refractivity contribution < 1.29 is 28.9 Å². The van der Waals surface area contributed by atoms with Crippen LogP contribution in [0.5, 0.6) is 17.2 Å². The second-order valence-corrected chi connectivity index (χ2v) is 5.40. The number of benzene rings is 2. The molecule has 0 aromatic heterocycles. The minimum Gasteiger partial charge on any atom is -0.493 e. The molecule has 2 rings (SSSR count). The van der Waals surface area contributed by atoms with Crippen molar-refractivity contribution in [1.29, 1.82) is 0 Å². The topological polar surface area (TPSA) is 94.1 Å². The van der Waals surface area contributed by atoms with Crippen LogP contribution in [-0.4, -0.2) is 37.8 Å². The number of ether oxygens (including phenoxy) is 3. The molecular weight excluding hydrogens is 338 g/mol. The average molecular weight is 359 g/mol. The predicted octanol–water partition coefficient (Wildman–Crippen LogP) is 2.98.